The van der Waals surface area contributed by atoms with Gasteiger partial charge in [-0.3, -0.25) is 9.55 Å². The molecule has 4 aromatic heterocycles. The first-order chi connectivity index (χ1) is 23.3. The zero-order chi connectivity index (χ0) is 30.9. The Hall–Kier alpha value is -6.39. The highest BCUT2D eigenvalue weighted by atomic mass is 15.0. The van der Waals surface area contributed by atoms with Crippen LogP contribution in [0, 0.1) is 0 Å². The second kappa shape index (κ2) is 10.1. The second-order valence-electron chi connectivity index (χ2n) is 12.1. The molecule has 0 unspecified atom stereocenters. The van der Waals surface area contributed by atoms with Crippen molar-refractivity contribution in [2.75, 3.05) is 0 Å². The van der Waals surface area contributed by atoms with Crippen LogP contribution in [0.25, 0.3) is 93.7 Å². The second-order valence-corrected chi connectivity index (χ2v) is 12.1. The average Bonchev–Trinajstić information content (AvgIpc) is 3.48. The van der Waals surface area contributed by atoms with Crippen LogP contribution >= 0.6 is 0 Å². The van der Waals surface area contributed by atoms with Gasteiger partial charge in [-0.05, 0) is 98.0 Å². The molecule has 0 radical (unpaired) electrons. The maximum Gasteiger partial charge on any atom is 0.145 e. The van der Waals surface area contributed by atoms with Crippen molar-refractivity contribution < 1.29 is 0 Å². The predicted molar refractivity (Wildman–Crippen MR) is 194 cm³/mol. The molecule has 4 heteroatoms. The molecule has 0 fully saturated rings. The molecule has 0 aliphatic rings. The molecule has 6 aromatic carbocycles. The molecule has 0 aliphatic carbocycles. The van der Waals surface area contributed by atoms with Crippen molar-refractivity contribution in [3.63, 3.8) is 0 Å². The van der Waals surface area contributed by atoms with E-state index in [2.05, 4.69) is 126 Å². The number of pyridine rings is 3. The SMILES string of the molecule is c1ccc(-c2cc(-c3cccc(-n4c5ccccc5c5cccnc54)c3)cc(-c3ccc4ccc5cccc6ccc3c4c56)n2)nc1. The summed E-state index contributed by atoms with van der Waals surface area (Å²) in [5.41, 5.74) is 9.04. The minimum atomic E-state index is 0.840. The Balaban J connectivity index is 1.21. The Bertz CT molecular complexity index is 2730. The van der Waals surface area contributed by atoms with E-state index in [4.69, 9.17) is 15.0 Å². The van der Waals surface area contributed by atoms with Crippen LogP contribution in [-0.2, 0) is 0 Å². The molecule has 4 heterocycles. The number of benzene rings is 6. The van der Waals surface area contributed by atoms with E-state index < -0.39 is 0 Å². The third-order valence-corrected chi connectivity index (χ3v) is 9.43. The van der Waals surface area contributed by atoms with Gasteiger partial charge in [0, 0.05) is 34.4 Å². The molecule has 10 rings (SSSR count). The summed E-state index contributed by atoms with van der Waals surface area (Å²) in [6, 6.07) is 51.7. The molecule has 0 N–H and O–H groups in total. The van der Waals surface area contributed by atoms with Gasteiger partial charge in [-0.1, -0.05) is 91.0 Å². The summed E-state index contributed by atoms with van der Waals surface area (Å²) in [5, 5.41) is 9.87. The summed E-state index contributed by atoms with van der Waals surface area (Å²) >= 11 is 0. The van der Waals surface area contributed by atoms with Crippen molar-refractivity contribution in [3.8, 4) is 39.5 Å². The van der Waals surface area contributed by atoms with Gasteiger partial charge in [0.05, 0.1) is 22.6 Å². The Morgan fingerprint density at radius 3 is 2.06 bits per heavy atom. The normalized spacial score (nSPS) is 11.8. The van der Waals surface area contributed by atoms with Gasteiger partial charge in [-0.25, -0.2) is 9.97 Å². The van der Waals surface area contributed by atoms with Crippen LogP contribution in [0.4, 0.5) is 0 Å². The minimum Gasteiger partial charge on any atom is -0.294 e. The molecule has 0 spiro atoms. The van der Waals surface area contributed by atoms with E-state index >= 15 is 0 Å². The predicted octanol–water partition coefficient (Wildman–Crippen LogP) is 10.9. The van der Waals surface area contributed by atoms with Crippen LogP contribution in [0.1, 0.15) is 0 Å². The van der Waals surface area contributed by atoms with Crippen LogP contribution in [0.3, 0.4) is 0 Å². The van der Waals surface area contributed by atoms with Gasteiger partial charge in [0.15, 0.2) is 0 Å². The molecule has 4 nitrogen and oxygen atoms in total. The first kappa shape index (κ1) is 25.9. The quantitative estimate of drug-likeness (QED) is 0.189. The summed E-state index contributed by atoms with van der Waals surface area (Å²) in [4.78, 5) is 14.8. The molecule has 0 bridgehead atoms. The van der Waals surface area contributed by atoms with Gasteiger partial charge < -0.3 is 0 Å². The fraction of sp³-hybridized carbons (Fsp3) is 0. The summed E-state index contributed by atoms with van der Waals surface area (Å²) in [7, 11) is 0. The van der Waals surface area contributed by atoms with Crippen LogP contribution < -0.4 is 0 Å². The lowest BCUT2D eigenvalue weighted by Gasteiger charge is -2.16. The first-order valence-corrected chi connectivity index (χ1v) is 15.9. The van der Waals surface area contributed by atoms with Crippen molar-refractivity contribution in [3.05, 3.63) is 158 Å². The summed E-state index contributed by atoms with van der Waals surface area (Å²) < 4.78 is 2.26. The molecule has 47 heavy (non-hydrogen) atoms. The van der Waals surface area contributed by atoms with Gasteiger partial charge in [0.25, 0.3) is 0 Å². The van der Waals surface area contributed by atoms with Crippen LogP contribution in [-0.4, -0.2) is 19.5 Å². The van der Waals surface area contributed by atoms with E-state index in [9.17, 15) is 0 Å². The van der Waals surface area contributed by atoms with E-state index in [1.54, 1.807) is 0 Å². The number of hydrogen-bond donors (Lipinski definition) is 0. The Morgan fingerprint density at radius 1 is 0.426 bits per heavy atom. The lowest BCUT2D eigenvalue weighted by Crippen LogP contribution is -1.97. The highest BCUT2D eigenvalue weighted by molar-refractivity contribution is 6.25. The maximum atomic E-state index is 5.26. The number of rotatable bonds is 4. The van der Waals surface area contributed by atoms with E-state index in [0.717, 1.165) is 56.0 Å². The third-order valence-electron chi connectivity index (χ3n) is 9.43. The first-order valence-electron chi connectivity index (χ1n) is 15.9. The molecule has 0 atom stereocenters. The zero-order valence-electron chi connectivity index (χ0n) is 25.3. The largest absolute Gasteiger partial charge is 0.294 e. The highest BCUT2D eigenvalue weighted by Crippen LogP contribution is 2.40. The average molecular weight is 599 g/mol. The minimum absolute atomic E-state index is 0.840. The van der Waals surface area contributed by atoms with Crippen molar-refractivity contribution in [1.29, 1.82) is 0 Å². The topological polar surface area (TPSA) is 43.6 Å². The zero-order valence-corrected chi connectivity index (χ0v) is 25.3. The van der Waals surface area contributed by atoms with Crippen molar-refractivity contribution in [2.24, 2.45) is 0 Å². The molecule has 0 aliphatic heterocycles. The van der Waals surface area contributed by atoms with Crippen molar-refractivity contribution in [1.82, 2.24) is 19.5 Å². The number of nitrogens with zero attached hydrogens (tertiary/aromatic N) is 4. The molecule has 0 amide bonds. The Labute approximate surface area is 270 Å². The number of para-hydroxylation sites is 1. The van der Waals surface area contributed by atoms with Crippen molar-refractivity contribution in [2.45, 2.75) is 0 Å². The Kier molecular flexibility index (Phi) is 5.54. The fourth-order valence-corrected chi connectivity index (χ4v) is 7.32. The summed E-state index contributed by atoms with van der Waals surface area (Å²) in [6.45, 7) is 0. The van der Waals surface area contributed by atoms with E-state index in [1.165, 1.54) is 37.7 Å². The lowest BCUT2D eigenvalue weighted by atomic mass is 9.90. The monoisotopic (exact) mass is 598 g/mol. The van der Waals surface area contributed by atoms with Gasteiger partial charge in [0.1, 0.15) is 5.65 Å². The standard InChI is InChI=1S/C43H26N4/c1-2-15-40-34(12-1)36-13-7-23-45-43(36)47(40)32-11-6-10-30(24-32)31-25-38(46-39(26-31)37-14-3-4-22-44-37)33-20-18-29-17-16-27-8-5-9-28-19-21-35(33)42(29)41(27)28/h1-26H. The molecular weight excluding hydrogens is 573 g/mol. The van der Waals surface area contributed by atoms with Crippen molar-refractivity contribution >= 4 is 54.3 Å². The van der Waals surface area contributed by atoms with Crippen LogP contribution in [0.2, 0.25) is 0 Å². The van der Waals surface area contributed by atoms with Gasteiger partial charge in [-0.15, -0.1) is 0 Å². The number of fused-ring (bicyclic) bond motifs is 3. The number of aromatic nitrogens is 4. The van der Waals surface area contributed by atoms with E-state index in [1.807, 2.05) is 36.7 Å². The molecule has 218 valence electrons. The van der Waals surface area contributed by atoms with Gasteiger partial charge in [0.2, 0.25) is 0 Å². The highest BCUT2D eigenvalue weighted by Gasteiger charge is 2.17. The van der Waals surface area contributed by atoms with Gasteiger partial charge in [-0.2, -0.15) is 0 Å². The smallest absolute Gasteiger partial charge is 0.145 e. The van der Waals surface area contributed by atoms with Crippen LogP contribution in [0.5, 0.6) is 0 Å². The number of hydrogen-bond acceptors (Lipinski definition) is 3. The van der Waals surface area contributed by atoms with Gasteiger partial charge >= 0.3 is 0 Å². The summed E-state index contributed by atoms with van der Waals surface area (Å²) in [6.07, 6.45) is 3.70. The third kappa shape index (κ3) is 3.98. The molecule has 10 aromatic rings. The molecular formula is C43H26N4. The van der Waals surface area contributed by atoms with Crippen LogP contribution in [0.15, 0.2) is 158 Å². The lowest BCUT2D eigenvalue weighted by molar-refractivity contribution is 1.14. The molecule has 0 saturated heterocycles. The van der Waals surface area contributed by atoms with E-state index in [-0.39, 0.29) is 0 Å². The maximum absolute atomic E-state index is 5.26. The Morgan fingerprint density at radius 2 is 1.17 bits per heavy atom. The van der Waals surface area contributed by atoms with E-state index in [0.29, 0.717) is 0 Å². The summed E-state index contributed by atoms with van der Waals surface area (Å²) in [5.74, 6) is 0. The molecule has 0 saturated carbocycles. The fourth-order valence-electron chi connectivity index (χ4n) is 7.32.